The first-order chi connectivity index (χ1) is 8.74. The zero-order valence-electron chi connectivity index (χ0n) is 12.8. The van der Waals surface area contributed by atoms with E-state index in [4.69, 9.17) is 0 Å². The van der Waals surface area contributed by atoms with Gasteiger partial charge in [-0.05, 0) is 43.9 Å². The Bertz CT molecular complexity index is 481. The molecule has 1 aromatic carbocycles. The second-order valence-electron chi connectivity index (χ2n) is 6.96. The molecule has 0 aliphatic carbocycles. The molecule has 0 aliphatic rings. The highest BCUT2D eigenvalue weighted by atomic mass is 19.4. The fraction of sp³-hybridized carbons (Fsp3) is 0.600. The Morgan fingerprint density at radius 1 is 0.950 bits per heavy atom. The van der Waals surface area contributed by atoms with E-state index in [0.717, 1.165) is 6.07 Å². The Morgan fingerprint density at radius 2 is 1.45 bits per heavy atom. The van der Waals surface area contributed by atoms with Gasteiger partial charge < -0.3 is 0 Å². The highest BCUT2D eigenvalue weighted by molar-refractivity contribution is 5.56. The topological polar surface area (TPSA) is 23.5 Å². The van der Waals surface area contributed by atoms with E-state index in [1.165, 1.54) is 6.07 Å². The van der Waals surface area contributed by atoms with Gasteiger partial charge in [0.2, 0.25) is 0 Å². The molecule has 5 heteroatoms. The number of alkyl halides is 3. The number of hydrogen-bond acceptors (Lipinski definition) is 2. The molecule has 114 valence electrons. The third kappa shape index (κ3) is 3.66. The van der Waals surface area contributed by atoms with Crippen LogP contribution < -0.4 is 5.06 Å². The summed E-state index contributed by atoms with van der Waals surface area (Å²) < 4.78 is 39.7. The summed E-state index contributed by atoms with van der Waals surface area (Å²) in [4.78, 5) is 0. The molecule has 2 nitrogen and oxygen atoms in total. The van der Waals surface area contributed by atoms with E-state index in [9.17, 15) is 18.4 Å². The van der Waals surface area contributed by atoms with Crippen LogP contribution in [0.15, 0.2) is 18.2 Å². The summed E-state index contributed by atoms with van der Waals surface area (Å²) in [5.74, 6) is 0. The molecule has 0 aromatic heterocycles. The molecule has 0 saturated heterocycles. The van der Waals surface area contributed by atoms with Gasteiger partial charge >= 0.3 is 6.18 Å². The van der Waals surface area contributed by atoms with Gasteiger partial charge in [0.05, 0.1) is 16.8 Å². The smallest absolute Gasteiger partial charge is 0.288 e. The summed E-state index contributed by atoms with van der Waals surface area (Å²) in [5.41, 5.74) is -1.67. The van der Waals surface area contributed by atoms with E-state index in [-0.39, 0.29) is 11.1 Å². The third-order valence-corrected chi connectivity index (χ3v) is 3.03. The van der Waals surface area contributed by atoms with E-state index in [1.54, 1.807) is 26.8 Å². The molecule has 0 heterocycles. The normalized spacial score (nSPS) is 13.5. The lowest BCUT2D eigenvalue weighted by molar-refractivity contribution is -0.137. The molecule has 0 saturated carbocycles. The lowest BCUT2D eigenvalue weighted by atomic mass is 9.85. The SMILES string of the molecule is CC(C)(C)c1ccc(N(O)C(C)(C)C)c(C(F)(F)F)c1. The van der Waals surface area contributed by atoms with Gasteiger partial charge in [-0.15, -0.1) is 0 Å². The summed E-state index contributed by atoms with van der Waals surface area (Å²) in [5, 5.41) is 10.7. The number of hydrogen-bond donors (Lipinski definition) is 1. The van der Waals surface area contributed by atoms with Crippen molar-refractivity contribution in [2.75, 3.05) is 5.06 Å². The van der Waals surface area contributed by atoms with Crippen LogP contribution in [-0.4, -0.2) is 10.7 Å². The lowest BCUT2D eigenvalue weighted by Crippen LogP contribution is -2.39. The van der Waals surface area contributed by atoms with Gasteiger partial charge in [0.25, 0.3) is 0 Å². The molecule has 0 atom stereocenters. The van der Waals surface area contributed by atoms with Gasteiger partial charge in [0.15, 0.2) is 0 Å². The predicted molar refractivity (Wildman–Crippen MR) is 74.2 cm³/mol. The van der Waals surface area contributed by atoms with Crippen molar-refractivity contribution < 1.29 is 18.4 Å². The molecule has 0 fully saturated rings. The molecule has 20 heavy (non-hydrogen) atoms. The summed E-state index contributed by atoms with van der Waals surface area (Å²) >= 11 is 0. The van der Waals surface area contributed by atoms with Gasteiger partial charge in [0.1, 0.15) is 0 Å². The molecular formula is C15H22F3NO. The second-order valence-corrected chi connectivity index (χ2v) is 6.96. The number of nitrogens with zero attached hydrogens (tertiary/aromatic N) is 1. The molecule has 1 N–H and O–H groups in total. The van der Waals surface area contributed by atoms with Crippen molar-refractivity contribution in [1.82, 2.24) is 0 Å². The van der Waals surface area contributed by atoms with Crippen LogP contribution in [0.25, 0.3) is 0 Å². The average Bonchev–Trinajstić information content (AvgIpc) is 2.23. The molecule has 1 aromatic rings. The third-order valence-electron chi connectivity index (χ3n) is 3.03. The van der Waals surface area contributed by atoms with Gasteiger partial charge in [-0.1, -0.05) is 26.8 Å². The van der Waals surface area contributed by atoms with Gasteiger partial charge in [0, 0.05) is 0 Å². The van der Waals surface area contributed by atoms with Crippen molar-refractivity contribution in [2.24, 2.45) is 0 Å². The first-order valence-corrected chi connectivity index (χ1v) is 6.45. The molecular weight excluding hydrogens is 267 g/mol. The van der Waals surface area contributed by atoms with Crippen LogP contribution in [0.1, 0.15) is 52.7 Å². The van der Waals surface area contributed by atoms with Crippen LogP contribution in [-0.2, 0) is 11.6 Å². The van der Waals surface area contributed by atoms with E-state index in [0.29, 0.717) is 10.6 Å². The summed E-state index contributed by atoms with van der Waals surface area (Å²) in [6.45, 7) is 10.5. The number of benzene rings is 1. The molecule has 0 radical (unpaired) electrons. The highest BCUT2D eigenvalue weighted by Crippen LogP contribution is 2.40. The summed E-state index contributed by atoms with van der Waals surface area (Å²) in [6, 6.07) is 4.07. The maximum Gasteiger partial charge on any atom is 0.418 e. The van der Waals surface area contributed by atoms with E-state index in [2.05, 4.69) is 0 Å². The number of halogens is 3. The fourth-order valence-corrected chi connectivity index (χ4v) is 1.78. The minimum Gasteiger partial charge on any atom is -0.288 e. The van der Waals surface area contributed by atoms with Crippen LogP contribution in [0.2, 0.25) is 0 Å². The maximum absolute atomic E-state index is 13.2. The van der Waals surface area contributed by atoms with Crippen LogP contribution >= 0.6 is 0 Å². The summed E-state index contributed by atoms with van der Waals surface area (Å²) in [7, 11) is 0. The standard InChI is InChI=1S/C15H22F3NO/c1-13(2,3)10-7-8-12(19(20)14(4,5)6)11(9-10)15(16,17)18/h7-9,20H,1-6H3. The second kappa shape index (κ2) is 4.95. The van der Waals surface area contributed by atoms with Crippen molar-refractivity contribution in [3.05, 3.63) is 29.3 Å². The average molecular weight is 289 g/mol. The number of anilines is 1. The van der Waals surface area contributed by atoms with Crippen molar-refractivity contribution in [3.8, 4) is 0 Å². The number of rotatable bonds is 1. The van der Waals surface area contributed by atoms with Crippen LogP contribution in [0.4, 0.5) is 18.9 Å². The maximum atomic E-state index is 13.2. The minimum absolute atomic E-state index is 0.224. The zero-order valence-corrected chi connectivity index (χ0v) is 12.8. The minimum atomic E-state index is -4.51. The first kappa shape index (κ1) is 16.8. The van der Waals surface area contributed by atoms with Crippen molar-refractivity contribution in [1.29, 1.82) is 0 Å². The van der Waals surface area contributed by atoms with Crippen LogP contribution in [0, 0.1) is 0 Å². The lowest BCUT2D eigenvalue weighted by Gasteiger charge is -2.34. The first-order valence-electron chi connectivity index (χ1n) is 6.45. The Kier molecular flexibility index (Phi) is 4.16. The molecule has 0 amide bonds. The predicted octanol–water partition coefficient (Wildman–Crippen LogP) is 5.00. The molecule has 0 aliphatic heterocycles. The van der Waals surface area contributed by atoms with Crippen molar-refractivity contribution >= 4 is 5.69 Å². The Hall–Kier alpha value is -1.23. The zero-order chi connectivity index (χ0) is 15.9. The van der Waals surface area contributed by atoms with E-state index in [1.807, 2.05) is 20.8 Å². The van der Waals surface area contributed by atoms with Crippen LogP contribution in [0.3, 0.4) is 0 Å². The largest absolute Gasteiger partial charge is 0.418 e. The number of hydroxylamine groups is 1. The fourth-order valence-electron chi connectivity index (χ4n) is 1.78. The van der Waals surface area contributed by atoms with Crippen molar-refractivity contribution in [2.45, 2.75) is 58.7 Å². The van der Waals surface area contributed by atoms with E-state index < -0.39 is 17.3 Å². The molecule has 0 spiro atoms. The van der Waals surface area contributed by atoms with E-state index >= 15 is 0 Å². The Balaban J connectivity index is 3.48. The molecule has 0 unspecified atom stereocenters. The quantitative estimate of drug-likeness (QED) is 0.736. The molecule has 1 rings (SSSR count). The van der Waals surface area contributed by atoms with Crippen molar-refractivity contribution in [3.63, 3.8) is 0 Å². The van der Waals surface area contributed by atoms with Gasteiger partial charge in [-0.25, -0.2) is 0 Å². The highest BCUT2D eigenvalue weighted by Gasteiger charge is 2.37. The van der Waals surface area contributed by atoms with Crippen LogP contribution in [0.5, 0.6) is 0 Å². The summed E-state index contributed by atoms with van der Waals surface area (Å²) in [6.07, 6.45) is -4.51. The Labute approximate surface area is 118 Å². The monoisotopic (exact) mass is 289 g/mol. The van der Waals surface area contributed by atoms with Gasteiger partial charge in [-0.3, -0.25) is 10.3 Å². The Morgan fingerprint density at radius 3 is 1.80 bits per heavy atom. The van der Waals surface area contributed by atoms with Gasteiger partial charge in [-0.2, -0.15) is 13.2 Å². The molecule has 0 bridgehead atoms.